The largest absolute Gasteiger partial charge is 0.504 e. The lowest BCUT2D eigenvalue weighted by Crippen LogP contribution is -2.76. The van der Waals surface area contributed by atoms with Gasteiger partial charge in [-0.2, -0.15) is 0 Å². The summed E-state index contributed by atoms with van der Waals surface area (Å²) in [5.74, 6) is -0.349. The molecule has 1 saturated heterocycles. The van der Waals surface area contributed by atoms with Gasteiger partial charge in [0.1, 0.15) is 0 Å². The van der Waals surface area contributed by atoms with Gasteiger partial charge in [0, 0.05) is 24.1 Å². The van der Waals surface area contributed by atoms with Crippen LogP contribution in [0.1, 0.15) is 44.2 Å². The Bertz CT molecular complexity index is 994. The normalized spacial score (nSPS) is 32.6. The van der Waals surface area contributed by atoms with Crippen LogP contribution < -0.4 is 4.74 Å². The molecule has 1 aromatic carbocycles. The van der Waals surface area contributed by atoms with Crippen molar-refractivity contribution in [3.8, 4) is 11.5 Å². The van der Waals surface area contributed by atoms with Crippen LogP contribution in [0.2, 0.25) is 0 Å². The average Bonchev–Trinajstić information content (AvgIpc) is 3.05. The lowest BCUT2D eigenvalue weighted by Gasteiger charge is -2.61. The Hall–Kier alpha value is -2.64. The number of likely N-dealkylation sites (N-methyl/N-ethyl adjacent to an activating group) is 1. The van der Waals surface area contributed by atoms with E-state index in [4.69, 9.17) is 9.84 Å². The fourth-order valence-electron chi connectivity index (χ4n) is 5.86. The topological polar surface area (TPSA) is 107 Å². The van der Waals surface area contributed by atoms with Gasteiger partial charge in [-0.1, -0.05) is 23.8 Å². The molecule has 0 radical (unpaired) electrons. The number of rotatable bonds is 2. The number of carboxylic acid groups (broad SMARTS) is 1. The Labute approximate surface area is 181 Å². The van der Waals surface area contributed by atoms with Crippen LogP contribution in [0.3, 0.4) is 0 Å². The van der Waals surface area contributed by atoms with Crippen molar-refractivity contribution in [3.63, 3.8) is 0 Å². The lowest BCUT2D eigenvalue weighted by molar-refractivity contribution is -0.185. The van der Waals surface area contributed by atoms with E-state index >= 15 is 0 Å². The van der Waals surface area contributed by atoms with Gasteiger partial charge in [-0.05, 0) is 58.3 Å². The number of carboxylic acids is 1. The Kier molecular flexibility index (Phi) is 5.22. The van der Waals surface area contributed by atoms with E-state index in [2.05, 4.69) is 4.90 Å². The van der Waals surface area contributed by atoms with Crippen molar-refractivity contribution in [1.82, 2.24) is 4.90 Å². The number of benzene rings is 1. The molecule has 1 aromatic rings. The van der Waals surface area contributed by atoms with Gasteiger partial charge in [-0.3, -0.25) is 4.79 Å². The Morgan fingerprint density at radius 3 is 2.71 bits per heavy atom. The summed E-state index contributed by atoms with van der Waals surface area (Å²) >= 11 is 0. The fraction of sp³-hybridized carbons (Fsp3) is 0.500. The first kappa shape index (κ1) is 21.6. The van der Waals surface area contributed by atoms with Crippen LogP contribution in [-0.2, 0) is 21.4 Å². The van der Waals surface area contributed by atoms with E-state index in [1.807, 2.05) is 27.0 Å². The number of piperidine rings is 1. The maximum atomic E-state index is 12.5. The van der Waals surface area contributed by atoms with Gasteiger partial charge < -0.3 is 25.0 Å². The quantitative estimate of drug-likeness (QED) is 0.491. The van der Waals surface area contributed by atoms with Crippen molar-refractivity contribution in [2.75, 3.05) is 13.6 Å². The molecule has 5 rings (SSSR count). The summed E-state index contributed by atoms with van der Waals surface area (Å²) in [7, 11) is 2.04. The highest BCUT2D eigenvalue weighted by Gasteiger charge is 2.72. The molecule has 7 nitrogen and oxygen atoms in total. The van der Waals surface area contributed by atoms with Gasteiger partial charge in [-0.25, -0.2) is 4.79 Å². The molecule has 2 aliphatic heterocycles. The molecule has 4 atom stereocenters. The van der Waals surface area contributed by atoms with E-state index in [9.17, 15) is 19.8 Å². The van der Waals surface area contributed by atoms with Crippen molar-refractivity contribution in [2.24, 2.45) is 0 Å². The third-order valence-corrected chi connectivity index (χ3v) is 7.19. The zero-order valence-corrected chi connectivity index (χ0v) is 18.1. The number of hydrogen-bond donors (Lipinski definition) is 3. The highest BCUT2D eigenvalue weighted by Crippen LogP contribution is 2.64. The third kappa shape index (κ3) is 3.10. The van der Waals surface area contributed by atoms with E-state index < -0.39 is 23.1 Å². The average molecular weight is 427 g/mol. The molecule has 2 aliphatic carbocycles. The molecule has 7 heteroatoms. The molecular weight excluding hydrogens is 398 g/mol. The van der Waals surface area contributed by atoms with Crippen LogP contribution in [-0.4, -0.2) is 63.3 Å². The minimum Gasteiger partial charge on any atom is -0.504 e. The minimum atomic E-state index is -0.954. The third-order valence-electron chi connectivity index (χ3n) is 7.19. The van der Waals surface area contributed by atoms with Crippen LogP contribution >= 0.6 is 0 Å². The smallest absolute Gasteiger partial charge is 0.328 e. The number of Topliss-reactive ketones (excluding diaryl/α,β-unsaturated/α-hetero) is 1. The Morgan fingerprint density at radius 2 is 2.03 bits per heavy atom. The number of ketones is 1. The number of nitrogens with zero attached hydrogens (tertiary/aromatic N) is 1. The van der Waals surface area contributed by atoms with Gasteiger partial charge in [0.05, 0.1) is 11.0 Å². The second-order valence-corrected chi connectivity index (χ2v) is 9.20. The molecule has 0 unspecified atom stereocenters. The van der Waals surface area contributed by atoms with Gasteiger partial charge in [0.2, 0.25) is 0 Å². The summed E-state index contributed by atoms with van der Waals surface area (Å²) in [6.45, 7) is 4.65. The molecule has 3 N–H and O–H groups in total. The zero-order chi connectivity index (χ0) is 22.6. The second kappa shape index (κ2) is 7.50. The molecule has 0 aromatic heterocycles. The van der Waals surface area contributed by atoms with Gasteiger partial charge in [0.25, 0.3) is 0 Å². The van der Waals surface area contributed by atoms with Crippen molar-refractivity contribution in [1.29, 1.82) is 0 Å². The van der Waals surface area contributed by atoms with Gasteiger partial charge in [-0.15, -0.1) is 0 Å². The monoisotopic (exact) mass is 427 g/mol. The first-order valence-corrected chi connectivity index (χ1v) is 10.6. The number of hydrogen-bond acceptors (Lipinski definition) is 6. The van der Waals surface area contributed by atoms with E-state index in [0.29, 0.717) is 25.0 Å². The first-order chi connectivity index (χ1) is 14.6. The number of ether oxygens (including phenoxy) is 1. The Morgan fingerprint density at radius 1 is 1.29 bits per heavy atom. The van der Waals surface area contributed by atoms with Crippen molar-refractivity contribution in [3.05, 3.63) is 47.1 Å². The molecule has 1 saturated carbocycles. The summed E-state index contributed by atoms with van der Waals surface area (Å²) in [6, 6.07) is 3.57. The van der Waals surface area contributed by atoms with E-state index in [-0.39, 0.29) is 17.6 Å². The SMILES string of the molecule is CC(C)=C/C=C/C(=O)O.CN1CC[C@]23c4c5ccc(O)c4O[C@H]2C(=O)CC[C@@]3(O)[C@H]1C5. The minimum absolute atomic E-state index is 0.00319. The molecule has 4 aliphatic rings. The maximum Gasteiger partial charge on any atom is 0.328 e. The molecule has 2 heterocycles. The highest BCUT2D eigenvalue weighted by atomic mass is 16.5. The van der Waals surface area contributed by atoms with Crippen LogP contribution in [0, 0.1) is 0 Å². The predicted molar refractivity (Wildman–Crippen MR) is 114 cm³/mol. The summed E-state index contributed by atoms with van der Waals surface area (Å²) in [5, 5.41) is 29.9. The predicted octanol–water partition coefficient (Wildman–Crippen LogP) is 2.34. The maximum absolute atomic E-state index is 12.5. The van der Waals surface area contributed by atoms with Gasteiger partial charge in [0.15, 0.2) is 23.4 Å². The van der Waals surface area contributed by atoms with Crippen LogP contribution in [0.5, 0.6) is 11.5 Å². The van der Waals surface area contributed by atoms with E-state index in [1.54, 1.807) is 12.1 Å². The van der Waals surface area contributed by atoms with Crippen molar-refractivity contribution < 1.29 is 29.6 Å². The van der Waals surface area contributed by atoms with Crippen molar-refractivity contribution in [2.45, 2.75) is 62.7 Å². The second-order valence-electron chi connectivity index (χ2n) is 9.20. The molecular formula is C24H29NO6. The standard InChI is InChI=1S/C17H19NO4.C7H10O2/c1-18-7-6-16-13-9-2-3-10(19)14(13)22-15(16)11(20)4-5-17(16,21)12(18)8-9;1-6(2)4-3-5-7(8)9/h2-3,12,15,19,21H,4-8H2,1H3;3-5H,1-2H3,(H,8,9)/b;5-3+/t12-,15+,16+,17-;/m1./s1. The van der Waals surface area contributed by atoms with Crippen LogP contribution in [0.15, 0.2) is 35.9 Å². The number of carbonyl (C=O) groups is 2. The molecule has 2 fully saturated rings. The number of aliphatic carboxylic acids is 1. The molecule has 0 amide bonds. The Balaban J connectivity index is 0.000000221. The molecule has 31 heavy (non-hydrogen) atoms. The zero-order valence-electron chi connectivity index (χ0n) is 18.1. The van der Waals surface area contributed by atoms with E-state index in [0.717, 1.165) is 35.7 Å². The number of allylic oxidation sites excluding steroid dienone is 3. The number of phenolic OH excluding ortho intramolecular Hbond substituents is 1. The summed E-state index contributed by atoms with van der Waals surface area (Å²) in [5.41, 5.74) is 1.46. The summed E-state index contributed by atoms with van der Waals surface area (Å²) in [6.07, 6.45) is 5.97. The van der Waals surface area contributed by atoms with Crippen LogP contribution in [0.4, 0.5) is 0 Å². The fourth-order valence-corrected chi connectivity index (χ4v) is 5.86. The van der Waals surface area contributed by atoms with E-state index in [1.165, 1.54) is 6.08 Å². The van der Waals surface area contributed by atoms with Gasteiger partial charge >= 0.3 is 5.97 Å². The highest BCUT2D eigenvalue weighted by molar-refractivity contribution is 5.90. The number of carbonyl (C=O) groups excluding carboxylic acids is 1. The summed E-state index contributed by atoms with van der Waals surface area (Å²) in [4.78, 5) is 24.6. The molecule has 166 valence electrons. The number of aliphatic hydroxyl groups is 1. The number of phenols is 1. The molecule has 1 spiro atoms. The van der Waals surface area contributed by atoms with Crippen molar-refractivity contribution >= 4 is 11.8 Å². The first-order valence-electron chi connectivity index (χ1n) is 10.6. The number of aromatic hydroxyl groups is 1. The molecule has 2 bridgehead atoms. The summed E-state index contributed by atoms with van der Waals surface area (Å²) < 4.78 is 5.94. The van der Waals surface area contributed by atoms with Crippen LogP contribution in [0.25, 0.3) is 0 Å². The number of likely N-dealkylation sites (tertiary alicyclic amines) is 1. The lowest BCUT2D eigenvalue weighted by atomic mass is 9.49.